The molecule has 0 bridgehead atoms. The third kappa shape index (κ3) is 7.56. The van der Waals surface area contributed by atoms with Gasteiger partial charge in [0.15, 0.2) is 11.5 Å². The lowest BCUT2D eigenvalue weighted by atomic mass is 10.0. The molecule has 10 heteroatoms. The summed E-state index contributed by atoms with van der Waals surface area (Å²) in [6.45, 7) is 6.59. The molecule has 1 aliphatic heterocycles. The minimum absolute atomic E-state index is 0.0550. The van der Waals surface area contributed by atoms with Gasteiger partial charge in [0.1, 0.15) is 6.10 Å². The normalized spacial score (nSPS) is 16.9. The average Bonchev–Trinajstić information content (AvgIpc) is 3.35. The zero-order valence-corrected chi connectivity index (χ0v) is 22.3. The lowest BCUT2D eigenvalue weighted by molar-refractivity contribution is 0.0541. The molecule has 1 aliphatic rings. The van der Waals surface area contributed by atoms with Gasteiger partial charge in [0.05, 0.1) is 25.6 Å². The third-order valence-electron chi connectivity index (χ3n) is 6.31. The van der Waals surface area contributed by atoms with Gasteiger partial charge >= 0.3 is 6.09 Å². The summed E-state index contributed by atoms with van der Waals surface area (Å²) in [5.74, 6) is 0.903. The monoisotopic (exact) mass is 514 g/mol. The summed E-state index contributed by atoms with van der Waals surface area (Å²) in [7, 11) is 4.86. The fourth-order valence-electron chi connectivity index (χ4n) is 4.15. The van der Waals surface area contributed by atoms with Gasteiger partial charge in [0.25, 0.3) is 5.91 Å². The summed E-state index contributed by atoms with van der Waals surface area (Å²) in [4.78, 5) is 33.7. The molecule has 1 aromatic carbocycles. The maximum atomic E-state index is 13.6. The van der Waals surface area contributed by atoms with E-state index >= 15 is 0 Å². The number of rotatable bonds is 12. The first-order valence-corrected chi connectivity index (χ1v) is 12.5. The fourth-order valence-corrected chi connectivity index (χ4v) is 4.15. The third-order valence-corrected chi connectivity index (χ3v) is 6.31. The topological polar surface area (TPSA) is 102 Å². The number of nitrogens with zero attached hydrogens (tertiary/aromatic N) is 3. The molecule has 2 aromatic rings. The second kappa shape index (κ2) is 13.8. The first-order valence-electron chi connectivity index (χ1n) is 12.5. The highest BCUT2D eigenvalue weighted by atomic mass is 16.6. The van der Waals surface area contributed by atoms with Crippen LogP contribution >= 0.6 is 0 Å². The van der Waals surface area contributed by atoms with Crippen LogP contribution in [0.2, 0.25) is 0 Å². The van der Waals surface area contributed by atoms with Crippen molar-refractivity contribution in [2.45, 2.75) is 32.4 Å². The summed E-state index contributed by atoms with van der Waals surface area (Å²) in [6.07, 6.45) is 3.16. The molecule has 37 heavy (non-hydrogen) atoms. The van der Waals surface area contributed by atoms with Gasteiger partial charge in [-0.1, -0.05) is 0 Å². The first kappa shape index (κ1) is 28.2. The van der Waals surface area contributed by atoms with Crippen molar-refractivity contribution in [2.75, 3.05) is 59.0 Å². The van der Waals surface area contributed by atoms with E-state index in [1.165, 1.54) is 4.90 Å². The lowest BCUT2D eigenvalue weighted by Crippen LogP contribution is -2.44. The van der Waals surface area contributed by atoms with Gasteiger partial charge in [-0.05, 0) is 44.2 Å². The Kier molecular flexibility index (Phi) is 10.5. The molecular formula is C27H38N4O6. The van der Waals surface area contributed by atoms with Crippen LogP contribution in [0.5, 0.6) is 11.5 Å². The molecule has 2 heterocycles. The number of amides is 2. The highest BCUT2D eigenvalue weighted by Crippen LogP contribution is 2.29. The van der Waals surface area contributed by atoms with Gasteiger partial charge in [0, 0.05) is 70.5 Å². The number of benzene rings is 1. The van der Waals surface area contributed by atoms with E-state index in [4.69, 9.17) is 18.9 Å². The molecule has 3 rings (SSSR count). The van der Waals surface area contributed by atoms with E-state index in [-0.39, 0.29) is 24.0 Å². The Labute approximate surface area is 218 Å². The molecule has 1 saturated heterocycles. The van der Waals surface area contributed by atoms with Crippen molar-refractivity contribution in [3.8, 4) is 11.5 Å². The van der Waals surface area contributed by atoms with E-state index in [0.29, 0.717) is 55.6 Å². The molecule has 0 unspecified atom stereocenters. The molecule has 10 nitrogen and oxygen atoms in total. The second-order valence-corrected chi connectivity index (χ2v) is 9.22. The van der Waals surface area contributed by atoms with Crippen LogP contribution in [0, 0.1) is 5.92 Å². The van der Waals surface area contributed by atoms with Crippen molar-refractivity contribution in [3.63, 3.8) is 0 Å². The highest BCUT2D eigenvalue weighted by molar-refractivity contribution is 5.95. The van der Waals surface area contributed by atoms with Crippen LogP contribution in [0.15, 0.2) is 42.7 Å². The molecule has 1 N–H and O–H groups in total. The van der Waals surface area contributed by atoms with Gasteiger partial charge in [-0.25, -0.2) is 4.79 Å². The summed E-state index contributed by atoms with van der Waals surface area (Å²) in [5.41, 5.74) is 1.15. The van der Waals surface area contributed by atoms with Crippen LogP contribution in [-0.4, -0.2) is 88.1 Å². The van der Waals surface area contributed by atoms with Crippen LogP contribution in [0.25, 0.3) is 0 Å². The van der Waals surface area contributed by atoms with E-state index in [1.54, 1.807) is 68.9 Å². The molecule has 2 amide bonds. The van der Waals surface area contributed by atoms with Gasteiger partial charge in [-0.2, -0.15) is 0 Å². The van der Waals surface area contributed by atoms with Crippen molar-refractivity contribution in [2.24, 2.45) is 5.92 Å². The van der Waals surface area contributed by atoms with Gasteiger partial charge < -0.3 is 29.2 Å². The standard InChI is InChI=1S/C27H38N4O6/c1-19(2)31(26(32)20-9-10-23(35-5)24(14-20)36-13-7-12-34-4)18-21-15-29-17-25(21)37-27(33)30(3)22-8-6-11-28-16-22/h6,8-11,14,16,19,21,25,29H,7,12-13,15,17-18H2,1-5H3/t21-,25-/m1/s1. The van der Waals surface area contributed by atoms with Crippen LogP contribution in [0.1, 0.15) is 30.6 Å². The van der Waals surface area contributed by atoms with E-state index in [9.17, 15) is 9.59 Å². The van der Waals surface area contributed by atoms with Crippen molar-refractivity contribution >= 4 is 17.7 Å². The Morgan fingerprint density at radius 1 is 1.14 bits per heavy atom. The number of nitrogens with one attached hydrogen (secondary N) is 1. The minimum Gasteiger partial charge on any atom is -0.493 e. The fraction of sp³-hybridized carbons (Fsp3) is 0.519. The first-order chi connectivity index (χ1) is 17.8. The molecule has 202 valence electrons. The number of ether oxygens (including phenoxy) is 4. The van der Waals surface area contributed by atoms with Crippen LogP contribution in [0.3, 0.4) is 0 Å². The maximum Gasteiger partial charge on any atom is 0.414 e. The Balaban J connectivity index is 1.69. The SMILES string of the molecule is COCCCOc1cc(C(=O)N(C[C@H]2CNC[C@H]2OC(=O)N(C)c2cccnc2)C(C)C)ccc1OC. The van der Waals surface area contributed by atoms with E-state index in [0.717, 1.165) is 6.42 Å². The van der Waals surface area contributed by atoms with Crippen molar-refractivity contribution in [1.82, 2.24) is 15.2 Å². The smallest absolute Gasteiger partial charge is 0.414 e. The number of pyridine rings is 1. The average molecular weight is 515 g/mol. The number of methoxy groups -OCH3 is 2. The summed E-state index contributed by atoms with van der Waals surface area (Å²) < 4.78 is 22.2. The van der Waals surface area contributed by atoms with Crippen LogP contribution < -0.4 is 19.7 Å². The number of aromatic nitrogens is 1. The van der Waals surface area contributed by atoms with Gasteiger partial charge in [-0.3, -0.25) is 14.7 Å². The molecule has 2 atom stereocenters. The molecule has 0 radical (unpaired) electrons. The quantitative estimate of drug-likeness (QED) is 0.431. The molecule has 1 aromatic heterocycles. The summed E-state index contributed by atoms with van der Waals surface area (Å²) >= 11 is 0. The second-order valence-electron chi connectivity index (χ2n) is 9.22. The van der Waals surface area contributed by atoms with Gasteiger partial charge in [0.2, 0.25) is 0 Å². The number of anilines is 1. The molecule has 1 fully saturated rings. The minimum atomic E-state index is -0.459. The summed E-state index contributed by atoms with van der Waals surface area (Å²) in [6, 6.07) is 8.70. The predicted octanol–water partition coefficient (Wildman–Crippen LogP) is 3.22. The summed E-state index contributed by atoms with van der Waals surface area (Å²) in [5, 5.41) is 3.29. The molecular weight excluding hydrogens is 476 g/mol. The molecule has 0 saturated carbocycles. The number of hydrogen-bond acceptors (Lipinski definition) is 8. The Bertz CT molecular complexity index is 1020. The lowest BCUT2D eigenvalue weighted by Gasteiger charge is -2.32. The largest absolute Gasteiger partial charge is 0.493 e. The zero-order valence-electron chi connectivity index (χ0n) is 22.3. The number of carbonyl (C=O) groups is 2. The van der Waals surface area contributed by atoms with E-state index in [2.05, 4.69) is 10.3 Å². The van der Waals surface area contributed by atoms with Crippen LogP contribution in [0.4, 0.5) is 10.5 Å². The van der Waals surface area contributed by atoms with E-state index < -0.39 is 6.09 Å². The van der Waals surface area contributed by atoms with Crippen LogP contribution in [-0.2, 0) is 9.47 Å². The zero-order chi connectivity index (χ0) is 26.8. The van der Waals surface area contributed by atoms with Gasteiger partial charge in [-0.15, -0.1) is 0 Å². The Hall–Kier alpha value is -3.37. The van der Waals surface area contributed by atoms with Crippen molar-refractivity contribution < 1.29 is 28.5 Å². The van der Waals surface area contributed by atoms with E-state index in [1.807, 2.05) is 13.8 Å². The Morgan fingerprint density at radius 3 is 2.62 bits per heavy atom. The van der Waals surface area contributed by atoms with Crippen molar-refractivity contribution in [1.29, 1.82) is 0 Å². The molecule has 0 spiro atoms. The molecule has 0 aliphatic carbocycles. The Morgan fingerprint density at radius 2 is 1.95 bits per heavy atom. The number of hydrogen-bond donors (Lipinski definition) is 1. The highest BCUT2D eigenvalue weighted by Gasteiger charge is 2.35. The predicted molar refractivity (Wildman–Crippen MR) is 140 cm³/mol. The maximum absolute atomic E-state index is 13.6. The van der Waals surface area contributed by atoms with Crippen molar-refractivity contribution in [3.05, 3.63) is 48.3 Å². The number of carbonyl (C=O) groups excluding carboxylic acids is 2.